The molecule has 0 aliphatic heterocycles. The molecule has 0 bridgehead atoms. The van der Waals surface area contributed by atoms with E-state index in [2.05, 4.69) is 6.92 Å². The minimum Gasteiger partial charge on any atom is -0.302 e. The smallest absolute Gasteiger partial charge is 0.302 e. The van der Waals surface area contributed by atoms with Gasteiger partial charge in [0.25, 0.3) is 0 Å². The highest BCUT2D eigenvalue weighted by Gasteiger charge is 2.17. The molecule has 1 aromatic rings. The number of nitro benzene ring substituents is 1. The highest BCUT2D eigenvalue weighted by atomic mass is 19.1. The maximum atomic E-state index is 13.8. The molecule has 0 radical (unpaired) electrons. The summed E-state index contributed by atoms with van der Waals surface area (Å²) in [5, 5.41) is 10.6. The minimum atomic E-state index is -0.718. The lowest BCUT2D eigenvalue weighted by molar-refractivity contribution is -0.387. The van der Waals surface area contributed by atoms with Crippen LogP contribution in [0, 0.1) is 15.9 Å². The van der Waals surface area contributed by atoms with Gasteiger partial charge in [-0.2, -0.15) is 4.39 Å². The number of nitro groups is 1. The molecule has 4 nitrogen and oxygen atoms in total. The standard InChI is InChI=1S/C13H19FN2O2/c1-3-4-5-9-15(2)10-11-7-6-8-12(13(11)14)16(17)18/h6-8H,3-5,9-10H2,1-2H3. The van der Waals surface area contributed by atoms with Crippen LogP contribution in [0.4, 0.5) is 10.1 Å². The van der Waals surface area contributed by atoms with Gasteiger partial charge < -0.3 is 4.90 Å². The Labute approximate surface area is 107 Å². The lowest BCUT2D eigenvalue weighted by Crippen LogP contribution is -2.20. The molecule has 0 N–H and O–H groups in total. The number of hydrogen-bond acceptors (Lipinski definition) is 3. The van der Waals surface area contributed by atoms with Crippen molar-refractivity contribution in [2.24, 2.45) is 0 Å². The Morgan fingerprint density at radius 3 is 2.72 bits per heavy atom. The fraction of sp³-hybridized carbons (Fsp3) is 0.538. The largest absolute Gasteiger partial charge is 0.305 e. The van der Waals surface area contributed by atoms with Gasteiger partial charge in [0.2, 0.25) is 5.82 Å². The maximum absolute atomic E-state index is 13.8. The first-order valence-corrected chi connectivity index (χ1v) is 6.16. The molecule has 0 fully saturated rings. The van der Waals surface area contributed by atoms with Crippen LogP contribution in [0.5, 0.6) is 0 Å². The van der Waals surface area contributed by atoms with E-state index in [9.17, 15) is 14.5 Å². The van der Waals surface area contributed by atoms with Crippen LogP contribution in [0.15, 0.2) is 18.2 Å². The predicted octanol–water partition coefficient (Wildman–Crippen LogP) is 3.36. The summed E-state index contributed by atoms with van der Waals surface area (Å²) in [6, 6.07) is 4.31. The molecule has 0 unspecified atom stereocenters. The van der Waals surface area contributed by atoms with E-state index in [1.54, 1.807) is 6.07 Å². The van der Waals surface area contributed by atoms with Gasteiger partial charge in [0.15, 0.2) is 0 Å². The van der Waals surface area contributed by atoms with Gasteiger partial charge in [0.05, 0.1) is 4.92 Å². The van der Waals surface area contributed by atoms with Crippen LogP contribution >= 0.6 is 0 Å². The van der Waals surface area contributed by atoms with E-state index < -0.39 is 16.4 Å². The number of halogens is 1. The second-order valence-corrected chi connectivity index (χ2v) is 4.45. The van der Waals surface area contributed by atoms with Crippen molar-refractivity contribution >= 4 is 5.69 Å². The first-order chi connectivity index (χ1) is 8.56. The van der Waals surface area contributed by atoms with Crippen LogP contribution in [-0.2, 0) is 6.54 Å². The van der Waals surface area contributed by atoms with Crippen molar-refractivity contribution in [3.05, 3.63) is 39.7 Å². The number of rotatable bonds is 7. The van der Waals surface area contributed by atoms with Gasteiger partial charge >= 0.3 is 5.69 Å². The molecular formula is C13H19FN2O2. The molecule has 18 heavy (non-hydrogen) atoms. The molecule has 0 atom stereocenters. The molecule has 0 aliphatic rings. The van der Waals surface area contributed by atoms with Gasteiger partial charge in [0.1, 0.15) is 0 Å². The Hall–Kier alpha value is -1.49. The Bertz CT molecular complexity index is 410. The van der Waals surface area contributed by atoms with Crippen molar-refractivity contribution in [3.8, 4) is 0 Å². The summed E-state index contributed by atoms with van der Waals surface area (Å²) >= 11 is 0. The summed E-state index contributed by atoms with van der Waals surface area (Å²) in [7, 11) is 1.90. The highest BCUT2D eigenvalue weighted by molar-refractivity contribution is 5.36. The Kier molecular flexibility index (Phi) is 5.71. The molecular weight excluding hydrogens is 235 g/mol. The van der Waals surface area contributed by atoms with Crippen LogP contribution in [0.3, 0.4) is 0 Å². The maximum Gasteiger partial charge on any atom is 0.305 e. The van der Waals surface area contributed by atoms with Crippen LogP contribution in [0.1, 0.15) is 31.7 Å². The number of benzene rings is 1. The van der Waals surface area contributed by atoms with Gasteiger partial charge in [-0.15, -0.1) is 0 Å². The molecule has 5 heteroatoms. The van der Waals surface area contributed by atoms with Crippen LogP contribution < -0.4 is 0 Å². The molecule has 100 valence electrons. The molecule has 0 aliphatic carbocycles. The van der Waals surface area contributed by atoms with Crippen LogP contribution in [0.2, 0.25) is 0 Å². The third kappa shape index (κ3) is 4.07. The fourth-order valence-electron chi connectivity index (χ4n) is 1.83. The number of unbranched alkanes of at least 4 members (excludes halogenated alkanes) is 2. The Balaban J connectivity index is 2.67. The Morgan fingerprint density at radius 2 is 2.11 bits per heavy atom. The molecule has 0 spiro atoms. The van der Waals surface area contributed by atoms with Gasteiger partial charge in [-0.3, -0.25) is 10.1 Å². The van der Waals surface area contributed by atoms with E-state index in [0.717, 1.165) is 25.8 Å². The zero-order valence-corrected chi connectivity index (χ0v) is 10.9. The van der Waals surface area contributed by atoms with Crippen molar-refractivity contribution in [1.82, 2.24) is 4.90 Å². The van der Waals surface area contributed by atoms with Gasteiger partial charge in [0, 0.05) is 18.2 Å². The first-order valence-electron chi connectivity index (χ1n) is 6.16. The molecule has 1 rings (SSSR count). The quantitative estimate of drug-likeness (QED) is 0.426. The normalized spacial score (nSPS) is 10.9. The lowest BCUT2D eigenvalue weighted by Gasteiger charge is -2.16. The fourth-order valence-corrected chi connectivity index (χ4v) is 1.83. The van der Waals surface area contributed by atoms with E-state index in [0.29, 0.717) is 12.1 Å². The molecule has 0 saturated carbocycles. The summed E-state index contributed by atoms with van der Waals surface area (Å²) in [4.78, 5) is 11.9. The van der Waals surface area contributed by atoms with Gasteiger partial charge in [-0.25, -0.2) is 0 Å². The monoisotopic (exact) mass is 254 g/mol. The summed E-state index contributed by atoms with van der Waals surface area (Å²) in [6.45, 7) is 3.40. The second-order valence-electron chi connectivity index (χ2n) is 4.45. The van der Waals surface area contributed by atoms with Gasteiger partial charge in [-0.05, 0) is 20.0 Å². The molecule has 0 heterocycles. The minimum absolute atomic E-state index is 0.378. The molecule has 0 saturated heterocycles. The van der Waals surface area contributed by atoms with Crippen molar-refractivity contribution in [2.45, 2.75) is 32.7 Å². The summed E-state index contributed by atoms with van der Waals surface area (Å²) < 4.78 is 13.8. The van der Waals surface area contributed by atoms with Crippen molar-refractivity contribution in [3.63, 3.8) is 0 Å². The first kappa shape index (κ1) is 14.6. The average molecular weight is 254 g/mol. The topological polar surface area (TPSA) is 46.4 Å². The van der Waals surface area contributed by atoms with E-state index in [1.807, 2.05) is 11.9 Å². The lowest BCUT2D eigenvalue weighted by atomic mass is 10.1. The Morgan fingerprint density at radius 1 is 1.39 bits per heavy atom. The van der Waals surface area contributed by atoms with E-state index in [1.165, 1.54) is 12.1 Å². The SMILES string of the molecule is CCCCCN(C)Cc1cccc([N+](=O)[O-])c1F. The molecule has 1 aromatic carbocycles. The average Bonchev–Trinajstić information content (AvgIpc) is 2.32. The summed E-state index contributed by atoms with van der Waals surface area (Å²) in [6.07, 6.45) is 3.34. The predicted molar refractivity (Wildman–Crippen MR) is 68.9 cm³/mol. The zero-order chi connectivity index (χ0) is 13.5. The molecule has 0 aromatic heterocycles. The van der Waals surface area contributed by atoms with Crippen molar-refractivity contribution in [1.29, 1.82) is 0 Å². The van der Waals surface area contributed by atoms with E-state index in [-0.39, 0.29) is 0 Å². The second kappa shape index (κ2) is 7.06. The van der Waals surface area contributed by atoms with E-state index in [4.69, 9.17) is 0 Å². The van der Waals surface area contributed by atoms with E-state index >= 15 is 0 Å². The third-order valence-corrected chi connectivity index (χ3v) is 2.84. The summed E-state index contributed by atoms with van der Waals surface area (Å²) in [5.41, 5.74) is -0.0716. The van der Waals surface area contributed by atoms with Crippen molar-refractivity contribution in [2.75, 3.05) is 13.6 Å². The van der Waals surface area contributed by atoms with Crippen molar-refractivity contribution < 1.29 is 9.31 Å². The third-order valence-electron chi connectivity index (χ3n) is 2.84. The highest BCUT2D eigenvalue weighted by Crippen LogP contribution is 2.21. The zero-order valence-electron chi connectivity index (χ0n) is 10.9. The number of hydrogen-bond donors (Lipinski definition) is 0. The number of nitrogens with zero attached hydrogens (tertiary/aromatic N) is 2. The summed E-state index contributed by atoms with van der Waals surface area (Å²) in [5.74, 6) is -0.718. The van der Waals surface area contributed by atoms with Crippen LogP contribution in [0.25, 0.3) is 0 Å². The molecule has 0 amide bonds. The van der Waals surface area contributed by atoms with Gasteiger partial charge in [-0.1, -0.05) is 31.9 Å². The van der Waals surface area contributed by atoms with Crippen LogP contribution in [-0.4, -0.2) is 23.4 Å².